The van der Waals surface area contributed by atoms with E-state index in [1.54, 1.807) is 20.3 Å². The van der Waals surface area contributed by atoms with Crippen LogP contribution >= 0.6 is 11.6 Å². The van der Waals surface area contributed by atoms with E-state index in [-0.39, 0.29) is 16.3 Å². The van der Waals surface area contributed by atoms with E-state index in [1.807, 2.05) is 30.4 Å². The minimum Gasteiger partial charge on any atom is -0.493 e. The van der Waals surface area contributed by atoms with Crippen LogP contribution in [-0.4, -0.2) is 36.9 Å². The third-order valence-corrected chi connectivity index (χ3v) is 5.30. The summed E-state index contributed by atoms with van der Waals surface area (Å²) in [5, 5.41) is 23.2. The molecule has 0 atom stereocenters. The number of carbonyl (C=O) groups is 2. The fourth-order valence-corrected chi connectivity index (χ4v) is 3.52. The average Bonchev–Trinajstić information content (AvgIpc) is 2.79. The van der Waals surface area contributed by atoms with Crippen molar-refractivity contribution in [1.29, 1.82) is 5.41 Å². The van der Waals surface area contributed by atoms with Crippen molar-refractivity contribution >= 4 is 40.6 Å². The molecule has 0 aromatic heterocycles. The maximum Gasteiger partial charge on any atom is 0.337 e. The predicted octanol–water partition coefficient (Wildman–Crippen LogP) is 4.88. The van der Waals surface area contributed by atoms with E-state index in [1.165, 1.54) is 24.3 Å². The van der Waals surface area contributed by atoms with Crippen LogP contribution in [0.2, 0.25) is 5.02 Å². The number of allylic oxidation sites excluding steroid dienone is 4. The second-order valence-corrected chi connectivity index (χ2v) is 7.69. The highest BCUT2D eigenvalue weighted by Crippen LogP contribution is 2.30. The maximum absolute atomic E-state index is 12.5. The van der Waals surface area contributed by atoms with E-state index >= 15 is 0 Å². The normalized spacial score (nSPS) is 16.8. The fraction of sp³-hybridized carbons (Fsp3) is 0.160. The minimum absolute atomic E-state index is 0.00615. The molecule has 2 aromatic carbocycles. The summed E-state index contributed by atoms with van der Waals surface area (Å²) in [6.07, 6.45) is 8.65. The van der Waals surface area contributed by atoms with E-state index in [4.69, 9.17) is 31.6 Å². The van der Waals surface area contributed by atoms with Gasteiger partial charge in [0.25, 0.3) is 5.91 Å². The molecule has 0 aliphatic carbocycles. The molecule has 0 saturated carbocycles. The Morgan fingerprint density at radius 1 is 1.15 bits per heavy atom. The number of ether oxygens (including phenoxy) is 2. The number of amides is 1. The number of rotatable bonds is 7. The quantitative estimate of drug-likeness (QED) is 0.418. The number of halogens is 1. The van der Waals surface area contributed by atoms with Gasteiger partial charge in [-0.05, 0) is 61.4 Å². The van der Waals surface area contributed by atoms with Crippen LogP contribution in [0.15, 0.2) is 66.4 Å². The lowest BCUT2D eigenvalue weighted by atomic mass is 10.1. The number of nitrogens with one attached hydrogen (secondary N) is 3. The first-order chi connectivity index (χ1) is 16.3. The van der Waals surface area contributed by atoms with Crippen LogP contribution in [0.1, 0.15) is 28.8 Å². The van der Waals surface area contributed by atoms with Gasteiger partial charge in [0.1, 0.15) is 5.71 Å². The Bertz CT molecular complexity index is 1220. The SMILES string of the molecule is COc1ccc(/C2=C/C=C\CC/C(=C/C(=N)C(=O)Nc3ccc(C(=O)O)c(Cl)c3)N2)cc1OC. The van der Waals surface area contributed by atoms with Crippen molar-refractivity contribution in [3.8, 4) is 11.5 Å². The van der Waals surface area contributed by atoms with Gasteiger partial charge in [-0.3, -0.25) is 10.2 Å². The lowest BCUT2D eigenvalue weighted by molar-refractivity contribution is -0.110. The zero-order chi connectivity index (χ0) is 24.7. The van der Waals surface area contributed by atoms with Gasteiger partial charge in [0.05, 0.1) is 24.8 Å². The first kappa shape index (κ1) is 24.6. The van der Waals surface area contributed by atoms with Gasteiger partial charge in [-0.25, -0.2) is 4.79 Å². The van der Waals surface area contributed by atoms with E-state index in [0.29, 0.717) is 29.3 Å². The number of aromatic carboxylic acids is 1. The number of methoxy groups -OCH3 is 2. The third-order valence-electron chi connectivity index (χ3n) is 4.99. The van der Waals surface area contributed by atoms with E-state index in [2.05, 4.69) is 10.6 Å². The molecule has 0 unspecified atom stereocenters. The van der Waals surface area contributed by atoms with E-state index in [9.17, 15) is 9.59 Å². The Hall–Kier alpha value is -4.04. The molecule has 0 radical (unpaired) electrons. The molecule has 9 heteroatoms. The van der Waals surface area contributed by atoms with Crippen molar-refractivity contribution in [3.05, 3.63) is 82.5 Å². The number of carbonyl (C=O) groups excluding carboxylic acids is 1. The van der Waals surface area contributed by atoms with Crippen molar-refractivity contribution in [3.63, 3.8) is 0 Å². The Labute approximate surface area is 202 Å². The molecular weight excluding hydrogens is 458 g/mol. The number of anilines is 1. The van der Waals surface area contributed by atoms with Crippen molar-refractivity contribution in [2.45, 2.75) is 12.8 Å². The number of benzene rings is 2. The second kappa shape index (κ2) is 11.2. The largest absolute Gasteiger partial charge is 0.493 e. The Balaban J connectivity index is 1.78. The molecule has 34 heavy (non-hydrogen) atoms. The van der Waals surface area contributed by atoms with Crippen LogP contribution < -0.4 is 20.1 Å². The third kappa shape index (κ3) is 6.05. The molecular formula is C25H24ClN3O5. The van der Waals surface area contributed by atoms with Crippen molar-refractivity contribution in [1.82, 2.24) is 5.32 Å². The summed E-state index contributed by atoms with van der Waals surface area (Å²) < 4.78 is 10.7. The molecule has 8 nitrogen and oxygen atoms in total. The molecule has 3 rings (SSSR count). The van der Waals surface area contributed by atoms with Gasteiger partial charge in [-0.2, -0.15) is 0 Å². The first-order valence-corrected chi connectivity index (χ1v) is 10.7. The van der Waals surface area contributed by atoms with Gasteiger partial charge < -0.3 is 25.2 Å². The summed E-state index contributed by atoms with van der Waals surface area (Å²) in [4.78, 5) is 23.6. The smallest absolute Gasteiger partial charge is 0.337 e. The minimum atomic E-state index is -1.16. The van der Waals surface area contributed by atoms with Gasteiger partial charge in [0, 0.05) is 22.6 Å². The highest BCUT2D eigenvalue weighted by Gasteiger charge is 2.14. The number of carboxylic acids is 1. The average molecular weight is 482 g/mol. The molecule has 1 aliphatic heterocycles. The van der Waals surface area contributed by atoms with Crippen LogP contribution in [-0.2, 0) is 4.79 Å². The van der Waals surface area contributed by atoms with Crippen LogP contribution in [0.25, 0.3) is 5.70 Å². The first-order valence-electron chi connectivity index (χ1n) is 10.3. The molecule has 0 saturated heterocycles. The summed E-state index contributed by atoms with van der Waals surface area (Å²) in [5.41, 5.74) is 2.26. The van der Waals surface area contributed by atoms with Gasteiger partial charge in [-0.1, -0.05) is 23.8 Å². The zero-order valence-corrected chi connectivity index (χ0v) is 19.4. The van der Waals surface area contributed by atoms with Crippen molar-refractivity contribution in [2.24, 2.45) is 0 Å². The fourth-order valence-electron chi connectivity index (χ4n) is 3.26. The van der Waals surface area contributed by atoms with E-state index < -0.39 is 11.9 Å². The van der Waals surface area contributed by atoms with Crippen LogP contribution in [0.3, 0.4) is 0 Å². The zero-order valence-electron chi connectivity index (χ0n) is 18.6. The molecule has 1 heterocycles. The maximum atomic E-state index is 12.5. The van der Waals surface area contributed by atoms with Gasteiger partial charge in [-0.15, -0.1) is 0 Å². The molecule has 0 fully saturated rings. The van der Waals surface area contributed by atoms with Gasteiger partial charge in [0.15, 0.2) is 11.5 Å². The summed E-state index contributed by atoms with van der Waals surface area (Å²) >= 11 is 5.95. The van der Waals surface area contributed by atoms with Crippen LogP contribution in [0.4, 0.5) is 5.69 Å². The van der Waals surface area contributed by atoms with E-state index in [0.717, 1.165) is 17.7 Å². The molecule has 2 aromatic rings. The standard InChI is InChI=1S/C25H24ClN3O5/c1-33-22-11-8-15(12-23(22)34-2)21-7-5-3-4-6-16(28-21)14-20(27)24(30)29-17-9-10-18(25(31)32)19(26)13-17/h3,5,7-14,27-28H,4,6H2,1-2H3,(H,29,30)(H,31,32)/b5-3-,16-14-,21-7-,27-20?. The topological polar surface area (TPSA) is 121 Å². The second-order valence-electron chi connectivity index (χ2n) is 7.28. The Morgan fingerprint density at radius 3 is 2.59 bits per heavy atom. The summed E-state index contributed by atoms with van der Waals surface area (Å²) in [6.45, 7) is 0. The molecule has 0 spiro atoms. The number of carboxylic acid groups (broad SMARTS) is 1. The molecule has 1 amide bonds. The Morgan fingerprint density at radius 2 is 1.91 bits per heavy atom. The Kier molecular flexibility index (Phi) is 8.10. The van der Waals surface area contributed by atoms with Crippen LogP contribution in [0, 0.1) is 5.41 Å². The monoisotopic (exact) mass is 481 g/mol. The predicted molar refractivity (Wildman–Crippen MR) is 132 cm³/mol. The lowest BCUT2D eigenvalue weighted by Crippen LogP contribution is -2.23. The number of hydrogen-bond donors (Lipinski definition) is 4. The van der Waals surface area contributed by atoms with Crippen LogP contribution in [0.5, 0.6) is 11.5 Å². The van der Waals surface area contributed by atoms with Crippen molar-refractivity contribution < 1.29 is 24.2 Å². The molecule has 0 bridgehead atoms. The highest BCUT2D eigenvalue weighted by molar-refractivity contribution is 6.46. The molecule has 4 N–H and O–H groups in total. The number of hydrogen-bond acceptors (Lipinski definition) is 6. The van der Waals surface area contributed by atoms with Gasteiger partial charge in [0.2, 0.25) is 0 Å². The summed E-state index contributed by atoms with van der Waals surface area (Å²) in [7, 11) is 3.13. The molecule has 176 valence electrons. The van der Waals surface area contributed by atoms with Crippen molar-refractivity contribution in [2.75, 3.05) is 19.5 Å². The highest BCUT2D eigenvalue weighted by atomic mass is 35.5. The summed E-state index contributed by atoms with van der Waals surface area (Å²) in [6, 6.07) is 9.58. The summed E-state index contributed by atoms with van der Waals surface area (Å²) in [5.74, 6) is -0.622. The molecule has 1 aliphatic rings. The van der Waals surface area contributed by atoms with Gasteiger partial charge >= 0.3 is 5.97 Å². The lowest BCUT2D eigenvalue weighted by Gasteiger charge is -2.17.